The van der Waals surface area contributed by atoms with Crippen molar-refractivity contribution in [1.29, 1.82) is 0 Å². The molecule has 0 aromatic heterocycles. The van der Waals surface area contributed by atoms with Gasteiger partial charge in [-0.15, -0.1) is 0 Å². The predicted molar refractivity (Wildman–Crippen MR) is 120 cm³/mol. The highest BCUT2D eigenvalue weighted by atomic mass is 32.2. The highest BCUT2D eigenvalue weighted by Crippen LogP contribution is 2.34. The number of carbonyl (C=O) groups excluding carboxylic acids is 3. The van der Waals surface area contributed by atoms with Crippen LogP contribution in [0, 0.1) is 5.92 Å². The maximum absolute atomic E-state index is 12.7. The maximum Gasteiger partial charge on any atom is 0.293 e. The van der Waals surface area contributed by atoms with Gasteiger partial charge in [0.25, 0.3) is 11.1 Å². The van der Waals surface area contributed by atoms with Gasteiger partial charge in [0, 0.05) is 13.1 Å². The Balaban J connectivity index is 1.52. The number of amides is 3. The number of methoxy groups -OCH3 is 2. The largest absolute Gasteiger partial charge is 0.493 e. The van der Waals surface area contributed by atoms with Crippen molar-refractivity contribution in [2.45, 2.75) is 19.8 Å². The van der Waals surface area contributed by atoms with E-state index in [1.807, 2.05) is 0 Å². The van der Waals surface area contributed by atoms with Crippen LogP contribution in [0.3, 0.4) is 0 Å². The first kappa shape index (κ1) is 23.1. The summed E-state index contributed by atoms with van der Waals surface area (Å²) < 4.78 is 10.5. The Morgan fingerprint density at radius 2 is 1.90 bits per heavy atom. The van der Waals surface area contributed by atoms with Gasteiger partial charge < -0.3 is 14.8 Å². The second-order valence-corrected chi connectivity index (χ2v) is 8.75. The van der Waals surface area contributed by atoms with Gasteiger partial charge in [-0.1, -0.05) is 13.0 Å². The van der Waals surface area contributed by atoms with Crippen LogP contribution in [-0.4, -0.2) is 73.8 Å². The molecule has 1 aromatic rings. The number of carbonyl (C=O) groups is 3. The van der Waals surface area contributed by atoms with Gasteiger partial charge in [0.1, 0.15) is 0 Å². The summed E-state index contributed by atoms with van der Waals surface area (Å²) in [5.41, 5.74) is 0.729. The van der Waals surface area contributed by atoms with Crippen molar-refractivity contribution in [2.75, 3.05) is 46.9 Å². The number of imide groups is 1. The molecule has 1 N–H and O–H groups in total. The highest BCUT2D eigenvalue weighted by molar-refractivity contribution is 8.18. The molecule has 31 heavy (non-hydrogen) atoms. The molecule has 2 heterocycles. The van der Waals surface area contributed by atoms with Gasteiger partial charge in [-0.3, -0.25) is 24.2 Å². The molecule has 0 unspecified atom stereocenters. The van der Waals surface area contributed by atoms with Crippen LogP contribution in [0.4, 0.5) is 4.79 Å². The van der Waals surface area contributed by atoms with Crippen LogP contribution in [0.15, 0.2) is 23.1 Å². The third-order valence-electron chi connectivity index (χ3n) is 5.48. The number of ether oxygens (including phenoxy) is 2. The lowest BCUT2D eigenvalue weighted by Crippen LogP contribution is -2.43. The smallest absolute Gasteiger partial charge is 0.293 e. The number of hydrogen-bond donors (Lipinski definition) is 1. The fraction of sp³-hybridized carbons (Fsp3) is 0.500. The van der Waals surface area contributed by atoms with Crippen LogP contribution in [0.2, 0.25) is 0 Å². The minimum Gasteiger partial charge on any atom is -0.493 e. The second kappa shape index (κ2) is 10.7. The van der Waals surface area contributed by atoms with Gasteiger partial charge in [-0.2, -0.15) is 0 Å². The van der Waals surface area contributed by atoms with E-state index in [2.05, 4.69) is 17.1 Å². The number of thioether (sulfide) groups is 1. The van der Waals surface area contributed by atoms with Crippen LogP contribution in [-0.2, 0) is 9.59 Å². The van der Waals surface area contributed by atoms with Crippen LogP contribution < -0.4 is 14.8 Å². The lowest BCUT2D eigenvalue weighted by atomic mass is 9.99. The fourth-order valence-corrected chi connectivity index (χ4v) is 4.44. The summed E-state index contributed by atoms with van der Waals surface area (Å²) >= 11 is 0.893. The maximum atomic E-state index is 12.7. The summed E-state index contributed by atoms with van der Waals surface area (Å²) in [5.74, 6) is 1.40. The lowest BCUT2D eigenvalue weighted by Gasteiger charge is -2.29. The molecule has 168 valence electrons. The van der Waals surface area contributed by atoms with E-state index in [-0.39, 0.29) is 30.1 Å². The van der Waals surface area contributed by atoms with E-state index in [9.17, 15) is 14.4 Å². The first-order chi connectivity index (χ1) is 14.9. The predicted octanol–water partition coefficient (Wildman–Crippen LogP) is 2.59. The molecule has 2 aliphatic rings. The monoisotopic (exact) mass is 447 g/mol. The molecule has 0 atom stereocenters. The first-order valence-corrected chi connectivity index (χ1v) is 11.2. The molecule has 1 aromatic carbocycles. The van der Waals surface area contributed by atoms with Gasteiger partial charge in [0.2, 0.25) is 5.91 Å². The molecular weight excluding hydrogens is 418 g/mol. The van der Waals surface area contributed by atoms with Gasteiger partial charge in [0.15, 0.2) is 11.5 Å². The highest BCUT2D eigenvalue weighted by Gasteiger charge is 2.34. The van der Waals surface area contributed by atoms with Crippen LogP contribution >= 0.6 is 11.8 Å². The number of piperidine rings is 1. The van der Waals surface area contributed by atoms with Crippen molar-refractivity contribution in [2.24, 2.45) is 5.92 Å². The van der Waals surface area contributed by atoms with E-state index in [0.29, 0.717) is 28.9 Å². The molecule has 0 spiro atoms. The molecule has 0 aliphatic carbocycles. The number of nitrogens with zero attached hydrogens (tertiary/aromatic N) is 2. The van der Waals surface area contributed by atoms with Crippen molar-refractivity contribution in [3.05, 3.63) is 28.7 Å². The number of likely N-dealkylation sites (tertiary alicyclic amines) is 1. The lowest BCUT2D eigenvalue weighted by molar-refractivity contribution is -0.125. The molecule has 3 amide bonds. The zero-order valence-electron chi connectivity index (χ0n) is 18.2. The van der Waals surface area contributed by atoms with Gasteiger partial charge in [0.05, 0.1) is 25.7 Å². The van der Waals surface area contributed by atoms with Crippen molar-refractivity contribution in [1.82, 2.24) is 15.1 Å². The van der Waals surface area contributed by atoms with Crippen LogP contribution in [0.1, 0.15) is 25.3 Å². The standard InChI is InChI=1S/C22H29N3O5S/c1-15-6-9-24(10-7-15)14-20(26)23-8-11-25-21(27)19(31-22(25)28)13-16-4-5-17(29-2)18(12-16)30-3/h4-5,12-13,15H,6-11,14H2,1-3H3,(H,23,26)/b19-13-. The zero-order chi connectivity index (χ0) is 22.4. The Morgan fingerprint density at radius 3 is 2.58 bits per heavy atom. The van der Waals surface area contributed by atoms with Crippen LogP contribution in [0.25, 0.3) is 6.08 Å². The summed E-state index contributed by atoms with van der Waals surface area (Å²) in [6.45, 7) is 4.83. The molecule has 2 fully saturated rings. The van der Waals surface area contributed by atoms with Crippen molar-refractivity contribution in [3.63, 3.8) is 0 Å². The second-order valence-electron chi connectivity index (χ2n) is 7.76. The zero-order valence-corrected chi connectivity index (χ0v) is 19.0. The normalized spacial score (nSPS) is 19.2. The molecular formula is C22H29N3O5S. The summed E-state index contributed by atoms with van der Waals surface area (Å²) in [7, 11) is 3.09. The van der Waals surface area contributed by atoms with Crippen molar-refractivity contribution in [3.8, 4) is 11.5 Å². The number of benzene rings is 1. The number of rotatable bonds is 8. The Labute approximate surface area is 186 Å². The van der Waals surface area contributed by atoms with Gasteiger partial charge in [-0.05, 0) is 67.4 Å². The molecule has 3 rings (SSSR count). The molecule has 2 aliphatic heterocycles. The Kier molecular flexibility index (Phi) is 7.97. The van der Waals surface area contributed by atoms with E-state index in [1.54, 1.807) is 31.4 Å². The van der Waals surface area contributed by atoms with Crippen molar-refractivity contribution < 1.29 is 23.9 Å². The van der Waals surface area contributed by atoms with Crippen molar-refractivity contribution >= 4 is 34.9 Å². The van der Waals surface area contributed by atoms with Crippen LogP contribution in [0.5, 0.6) is 11.5 Å². The Morgan fingerprint density at radius 1 is 1.19 bits per heavy atom. The SMILES string of the molecule is COc1ccc(/C=C2\SC(=O)N(CCNC(=O)CN3CCC(C)CC3)C2=O)cc1OC. The third-order valence-corrected chi connectivity index (χ3v) is 6.39. The Hall–Kier alpha value is -2.52. The minimum absolute atomic E-state index is 0.0811. The summed E-state index contributed by atoms with van der Waals surface area (Å²) in [6, 6.07) is 5.28. The van der Waals surface area contributed by atoms with E-state index >= 15 is 0 Å². The molecule has 8 nitrogen and oxygen atoms in total. The third kappa shape index (κ3) is 6.01. The quantitative estimate of drug-likeness (QED) is 0.613. The average molecular weight is 448 g/mol. The summed E-state index contributed by atoms with van der Waals surface area (Å²) in [4.78, 5) is 40.8. The molecule has 0 bridgehead atoms. The van der Waals surface area contributed by atoms with E-state index < -0.39 is 0 Å². The molecule has 9 heteroatoms. The number of nitrogens with one attached hydrogen (secondary N) is 1. The topological polar surface area (TPSA) is 88.2 Å². The van der Waals surface area contributed by atoms with Gasteiger partial charge in [-0.25, -0.2) is 0 Å². The van der Waals surface area contributed by atoms with E-state index in [1.165, 1.54) is 12.0 Å². The fourth-order valence-electron chi connectivity index (χ4n) is 3.57. The molecule has 0 radical (unpaired) electrons. The van der Waals surface area contributed by atoms with E-state index in [4.69, 9.17) is 9.47 Å². The summed E-state index contributed by atoms with van der Waals surface area (Å²) in [6.07, 6.45) is 3.87. The molecule has 0 saturated carbocycles. The molecule has 2 saturated heterocycles. The Bertz CT molecular complexity index is 865. The summed E-state index contributed by atoms with van der Waals surface area (Å²) in [5, 5.41) is 2.48. The number of hydrogen-bond acceptors (Lipinski definition) is 7. The average Bonchev–Trinajstić information content (AvgIpc) is 3.02. The van der Waals surface area contributed by atoms with E-state index in [0.717, 1.165) is 43.3 Å². The first-order valence-electron chi connectivity index (χ1n) is 10.4. The van der Waals surface area contributed by atoms with Gasteiger partial charge >= 0.3 is 0 Å². The minimum atomic E-state index is -0.357.